The number of carbonyl (C=O) groups is 2. The average molecular weight is 418 g/mol. The zero-order valence-corrected chi connectivity index (χ0v) is 16.6. The topological polar surface area (TPSA) is 94.0 Å². The molecule has 0 heterocycles. The zero-order valence-electron chi connectivity index (χ0n) is 16.6. The minimum atomic E-state index is -4.71. The number of amides is 2. The Morgan fingerprint density at radius 3 is 2.03 bits per heavy atom. The molecule has 9 heteroatoms. The van der Waals surface area contributed by atoms with Crippen molar-refractivity contribution < 1.29 is 22.8 Å². The molecule has 6 nitrogen and oxygen atoms in total. The summed E-state index contributed by atoms with van der Waals surface area (Å²) in [6.45, 7) is 6.41. The molecule has 2 aromatic rings. The molecule has 158 valence electrons. The number of hydrazine groups is 1. The molecule has 2 rings (SSSR count). The second kappa shape index (κ2) is 8.86. The molecule has 30 heavy (non-hydrogen) atoms. The number of nitrogens with one attached hydrogen (secondary N) is 3. The molecule has 2 amide bonds. The van der Waals surface area contributed by atoms with Gasteiger partial charge in [0.25, 0.3) is 11.8 Å². The van der Waals surface area contributed by atoms with Crippen molar-refractivity contribution in [2.75, 3.05) is 12.0 Å². The summed E-state index contributed by atoms with van der Waals surface area (Å²) in [6, 6.07) is 10.3. The second-order valence-electron chi connectivity index (χ2n) is 7.77. The Balaban J connectivity index is 2.06. The maximum Gasteiger partial charge on any atom is 0.418 e. The fourth-order valence-electron chi connectivity index (χ4n) is 2.37. The van der Waals surface area contributed by atoms with E-state index >= 15 is 0 Å². The minimum Gasteiger partial charge on any atom is -0.352 e. The number of alkyl halides is 3. The van der Waals surface area contributed by atoms with Crippen LogP contribution in [0.4, 0.5) is 18.9 Å². The first kappa shape index (κ1) is 22.7. The van der Waals surface area contributed by atoms with Crippen LogP contribution in [0.3, 0.4) is 0 Å². The second-order valence-corrected chi connectivity index (χ2v) is 7.77. The van der Waals surface area contributed by atoms with Crippen LogP contribution in [0.1, 0.15) is 52.6 Å². The highest BCUT2D eigenvalue weighted by molar-refractivity contribution is 5.98. The fourth-order valence-corrected chi connectivity index (χ4v) is 2.37. The Morgan fingerprint density at radius 2 is 1.53 bits per heavy atom. The summed E-state index contributed by atoms with van der Waals surface area (Å²) in [4.78, 5) is 24.3. The largest absolute Gasteiger partial charge is 0.418 e. The van der Waals surface area contributed by atoms with Crippen LogP contribution in [0, 0.1) is 16.7 Å². The molecule has 2 aromatic carbocycles. The van der Waals surface area contributed by atoms with Crippen LogP contribution in [-0.4, -0.2) is 18.4 Å². The summed E-state index contributed by atoms with van der Waals surface area (Å²) in [6.07, 6.45) is -4.71. The van der Waals surface area contributed by atoms with E-state index < -0.39 is 23.3 Å². The predicted octanol–water partition coefficient (Wildman–Crippen LogP) is 4.11. The van der Waals surface area contributed by atoms with Crippen molar-refractivity contribution in [2.45, 2.75) is 26.9 Å². The van der Waals surface area contributed by atoms with E-state index in [2.05, 4.69) is 16.2 Å². The van der Waals surface area contributed by atoms with Crippen molar-refractivity contribution in [2.24, 2.45) is 5.41 Å². The molecule has 0 aliphatic heterocycles. The van der Waals surface area contributed by atoms with Gasteiger partial charge in [-0.05, 0) is 47.9 Å². The van der Waals surface area contributed by atoms with Gasteiger partial charge < -0.3 is 5.32 Å². The third-order valence-corrected chi connectivity index (χ3v) is 3.95. The summed E-state index contributed by atoms with van der Waals surface area (Å²) in [5, 5.41) is 11.6. The van der Waals surface area contributed by atoms with Crippen molar-refractivity contribution >= 4 is 17.5 Å². The van der Waals surface area contributed by atoms with Gasteiger partial charge in [0, 0.05) is 17.7 Å². The quantitative estimate of drug-likeness (QED) is 0.637. The van der Waals surface area contributed by atoms with Crippen LogP contribution in [0.15, 0.2) is 42.5 Å². The van der Waals surface area contributed by atoms with Gasteiger partial charge in [0.15, 0.2) is 0 Å². The summed E-state index contributed by atoms with van der Waals surface area (Å²) in [7, 11) is 0. The Morgan fingerprint density at radius 1 is 0.967 bits per heavy atom. The van der Waals surface area contributed by atoms with Crippen molar-refractivity contribution in [1.82, 2.24) is 10.7 Å². The number of carbonyl (C=O) groups excluding carboxylic acids is 2. The molecule has 0 radical (unpaired) electrons. The lowest BCUT2D eigenvalue weighted by atomic mass is 9.97. The van der Waals surface area contributed by atoms with Gasteiger partial charge >= 0.3 is 6.18 Å². The maximum atomic E-state index is 13.2. The van der Waals surface area contributed by atoms with Gasteiger partial charge in [-0.2, -0.15) is 18.4 Å². The van der Waals surface area contributed by atoms with Crippen LogP contribution < -0.4 is 16.2 Å². The number of benzene rings is 2. The molecule has 0 spiro atoms. The number of anilines is 1. The van der Waals surface area contributed by atoms with Crippen molar-refractivity contribution in [3.05, 3.63) is 64.7 Å². The molecular formula is C21H21F3N4O2. The summed E-state index contributed by atoms with van der Waals surface area (Å²) in [5.41, 5.74) is 3.22. The summed E-state index contributed by atoms with van der Waals surface area (Å²) >= 11 is 0. The molecule has 0 atom stereocenters. The number of nitriles is 1. The van der Waals surface area contributed by atoms with Crippen LogP contribution in [0.25, 0.3) is 0 Å². The number of halogens is 3. The molecule has 0 aliphatic carbocycles. The molecule has 3 N–H and O–H groups in total. The highest BCUT2D eigenvalue weighted by Gasteiger charge is 2.34. The van der Waals surface area contributed by atoms with E-state index in [0.29, 0.717) is 18.2 Å². The number of hydrogen-bond donors (Lipinski definition) is 3. The molecule has 0 aliphatic rings. The molecule has 0 saturated heterocycles. The van der Waals surface area contributed by atoms with Gasteiger partial charge in [-0.3, -0.25) is 20.4 Å². The Kier molecular flexibility index (Phi) is 6.72. The van der Waals surface area contributed by atoms with Crippen LogP contribution >= 0.6 is 0 Å². The van der Waals surface area contributed by atoms with Crippen molar-refractivity contribution in [3.8, 4) is 6.07 Å². The molecule has 0 aromatic heterocycles. The Hall–Kier alpha value is -3.54. The van der Waals surface area contributed by atoms with Gasteiger partial charge in [0.05, 0.1) is 22.9 Å². The smallest absolute Gasteiger partial charge is 0.352 e. The first-order valence-electron chi connectivity index (χ1n) is 8.97. The van der Waals surface area contributed by atoms with Crippen LogP contribution in [0.5, 0.6) is 0 Å². The predicted molar refractivity (Wildman–Crippen MR) is 105 cm³/mol. The highest BCUT2D eigenvalue weighted by Crippen LogP contribution is 2.35. The van der Waals surface area contributed by atoms with E-state index in [1.807, 2.05) is 20.8 Å². The van der Waals surface area contributed by atoms with E-state index in [4.69, 9.17) is 5.26 Å². The third-order valence-electron chi connectivity index (χ3n) is 3.95. The standard InChI is InChI=1S/C21H21F3N4O2/c1-20(2,3)12-26-18(29)14-5-7-15(8-6-14)19(30)28-27-17-9-4-13(11-25)10-16(17)21(22,23)24/h4-10,27H,12H2,1-3H3,(H,26,29)(H,28,30). The van der Waals surface area contributed by atoms with Gasteiger partial charge in [-0.15, -0.1) is 0 Å². The van der Waals surface area contributed by atoms with Gasteiger partial charge in [-0.25, -0.2) is 0 Å². The molecule has 0 fully saturated rings. The lowest BCUT2D eigenvalue weighted by Crippen LogP contribution is -2.32. The molecular weight excluding hydrogens is 397 g/mol. The summed E-state index contributed by atoms with van der Waals surface area (Å²) < 4.78 is 39.5. The lowest BCUT2D eigenvalue weighted by Gasteiger charge is -2.18. The van der Waals surface area contributed by atoms with Gasteiger partial charge in [0.1, 0.15) is 0 Å². The van der Waals surface area contributed by atoms with E-state index in [1.54, 1.807) is 6.07 Å². The zero-order chi connectivity index (χ0) is 22.5. The highest BCUT2D eigenvalue weighted by atomic mass is 19.4. The monoisotopic (exact) mass is 418 g/mol. The minimum absolute atomic E-state index is 0.0815. The van der Waals surface area contributed by atoms with Crippen LogP contribution in [-0.2, 0) is 6.18 Å². The van der Waals surface area contributed by atoms with E-state index in [1.165, 1.54) is 30.3 Å². The maximum absolute atomic E-state index is 13.2. The molecule has 0 saturated carbocycles. The van der Waals surface area contributed by atoms with E-state index in [-0.39, 0.29) is 22.4 Å². The molecule has 0 unspecified atom stereocenters. The van der Waals surface area contributed by atoms with Crippen molar-refractivity contribution in [3.63, 3.8) is 0 Å². The lowest BCUT2D eigenvalue weighted by molar-refractivity contribution is -0.137. The van der Waals surface area contributed by atoms with E-state index in [9.17, 15) is 22.8 Å². The van der Waals surface area contributed by atoms with Crippen LogP contribution in [0.2, 0.25) is 0 Å². The number of hydrogen-bond acceptors (Lipinski definition) is 4. The summed E-state index contributed by atoms with van der Waals surface area (Å²) in [5.74, 6) is -0.975. The van der Waals surface area contributed by atoms with Gasteiger partial charge in [0.2, 0.25) is 0 Å². The van der Waals surface area contributed by atoms with E-state index in [0.717, 1.165) is 6.07 Å². The fraction of sp³-hybridized carbons (Fsp3) is 0.286. The Bertz CT molecular complexity index is 972. The average Bonchev–Trinajstić information content (AvgIpc) is 2.69. The van der Waals surface area contributed by atoms with Crippen molar-refractivity contribution in [1.29, 1.82) is 5.26 Å². The van der Waals surface area contributed by atoms with Gasteiger partial charge in [-0.1, -0.05) is 20.8 Å². The normalized spacial score (nSPS) is 11.4. The first-order chi connectivity index (χ1) is 13.9. The SMILES string of the molecule is CC(C)(C)CNC(=O)c1ccc(C(=O)NNc2ccc(C#N)cc2C(F)(F)F)cc1. The first-order valence-corrected chi connectivity index (χ1v) is 8.97. The Labute approximate surface area is 172 Å². The number of rotatable bonds is 5. The third kappa shape index (κ3) is 6.24. The molecule has 0 bridgehead atoms. The number of nitrogens with zero attached hydrogens (tertiary/aromatic N) is 1.